The Hall–Kier alpha value is -2.14. The fourth-order valence-electron chi connectivity index (χ4n) is 1.87. The summed E-state index contributed by atoms with van der Waals surface area (Å²) >= 11 is 0. The van der Waals surface area contributed by atoms with E-state index in [-0.39, 0.29) is 0 Å². The Morgan fingerprint density at radius 3 is 2.52 bits per heavy atom. The second-order valence-electron chi connectivity index (χ2n) is 5.19. The molecule has 0 bridgehead atoms. The van der Waals surface area contributed by atoms with Crippen LogP contribution in [0.2, 0.25) is 0 Å². The van der Waals surface area contributed by atoms with Crippen molar-refractivity contribution in [3.05, 3.63) is 37.1 Å². The maximum Gasteiger partial charge on any atom is 0.143 e. The standard InChI is InChI=1S/C16H26N4O/c1-7-12(2)18-14-10-13(17)16(21-6)11-15(14)20(5)9-8-19(3)4/h7,10-11,18H,1-2,8-9,17H2,3-6H3. The van der Waals surface area contributed by atoms with Crippen LogP contribution >= 0.6 is 0 Å². The molecule has 0 aliphatic carbocycles. The van der Waals surface area contributed by atoms with Gasteiger partial charge in [-0.25, -0.2) is 0 Å². The zero-order valence-corrected chi connectivity index (χ0v) is 13.4. The SMILES string of the molecule is C=CC(=C)Nc1cc(N)c(OC)cc1N(C)CCN(C)C. The molecule has 0 aliphatic heterocycles. The highest BCUT2D eigenvalue weighted by Crippen LogP contribution is 2.35. The van der Waals surface area contributed by atoms with E-state index in [1.165, 1.54) is 0 Å². The van der Waals surface area contributed by atoms with Gasteiger partial charge in [0.25, 0.3) is 0 Å². The highest BCUT2D eigenvalue weighted by Gasteiger charge is 2.12. The van der Waals surface area contributed by atoms with Gasteiger partial charge in [-0.3, -0.25) is 0 Å². The van der Waals surface area contributed by atoms with Crippen molar-refractivity contribution >= 4 is 17.1 Å². The fourth-order valence-corrected chi connectivity index (χ4v) is 1.87. The predicted molar refractivity (Wildman–Crippen MR) is 92.2 cm³/mol. The molecule has 0 fully saturated rings. The molecule has 0 saturated carbocycles. The van der Waals surface area contributed by atoms with Gasteiger partial charge in [-0.1, -0.05) is 13.2 Å². The Bertz CT molecular complexity index is 511. The Morgan fingerprint density at radius 2 is 2.00 bits per heavy atom. The van der Waals surface area contributed by atoms with Crippen LogP contribution in [0.15, 0.2) is 37.1 Å². The van der Waals surface area contributed by atoms with Crippen molar-refractivity contribution in [1.82, 2.24) is 4.90 Å². The minimum Gasteiger partial charge on any atom is -0.495 e. The van der Waals surface area contributed by atoms with Crippen molar-refractivity contribution < 1.29 is 4.74 Å². The lowest BCUT2D eigenvalue weighted by Gasteiger charge is -2.25. The third-order valence-electron chi connectivity index (χ3n) is 3.18. The van der Waals surface area contributed by atoms with Crippen molar-refractivity contribution in [3.8, 4) is 5.75 Å². The number of rotatable bonds is 8. The molecule has 5 nitrogen and oxygen atoms in total. The molecule has 0 saturated heterocycles. The average molecular weight is 290 g/mol. The second-order valence-corrected chi connectivity index (χ2v) is 5.19. The first-order valence-electron chi connectivity index (χ1n) is 6.80. The molecule has 1 aromatic carbocycles. The minimum absolute atomic E-state index is 0.585. The van der Waals surface area contributed by atoms with E-state index in [1.807, 2.05) is 19.2 Å². The number of allylic oxidation sites excluding steroid dienone is 1. The third-order valence-corrected chi connectivity index (χ3v) is 3.18. The van der Waals surface area contributed by atoms with Crippen LogP contribution < -0.4 is 20.7 Å². The van der Waals surface area contributed by atoms with Crippen molar-refractivity contribution in [2.45, 2.75) is 0 Å². The molecule has 0 spiro atoms. The summed E-state index contributed by atoms with van der Waals surface area (Å²) in [5.74, 6) is 0.663. The Morgan fingerprint density at radius 1 is 1.33 bits per heavy atom. The first-order chi connectivity index (χ1) is 9.88. The zero-order valence-electron chi connectivity index (χ0n) is 13.4. The summed E-state index contributed by atoms with van der Waals surface area (Å²) in [5, 5.41) is 3.22. The largest absolute Gasteiger partial charge is 0.495 e. The number of hydrogen-bond acceptors (Lipinski definition) is 5. The Balaban J connectivity index is 3.11. The molecule has 0 unspecified atom stereocenters. The van der Waals surface area contributed by atoms with Gasteiger partial charge in [0, 0.05) is 31.9 Å². The van der Waals surface area contributed by atoms with Gasteiger partial charge in [-0.15, -0.1) is 0 Å². The van der Waals surface area contributed by atoms with Crippen LogP contribution in [0.3, 0.4) is 0 Å². The molecule has 0 aliphatic rings. The summed E-state index contributed by atoms with van der Waals surface area (Å²) in [5.41, 5.74) is 9.20. The van der Waals surface area contributed by atoms with Crippen LogP contribution in [0.25, 0.3) is 0 Å². The van der Waals surface area contributed by atoms with Crippen LogP contribution in [-0.4, -0.2) is 46.2 Å². The highest BCUT2D eigenvalue weighted by molar-refractivity contribution is 5.79. The topological polar surface area (TPSA) is 53.8 Å². The molecular weight excluding hydrogens is 264 g/mol. The van der Waals surface area contributed by atoms with Gasteiger partial charge in [-0.2, -0.15) is 0 Å². The lowest BCUT2D eigenvalue weighted by Crippen LogP contribution is -2.29. The summed E-state index contributed by atoms with van der Waals surface area (Å²) in [7, 11) is 7.76. The number of nitrogens with two attached hydrogens (primary N) is 1. The summed E-state index contributed by atoms with van der Waals surface area (Å²) in [6.45, 7) is 9.43. The van der Waals surface area contributed by atoms with E-state index < -0.39 is 0 Å². The van der Waals surface area contributed by atoms with E-state index in [4.69, 9.17) is 10.5 Å². The maximum atomic E-state index is 5.99. The number of nitrogens with one attached hydrogen (secondary N) is 1. The zero-order chi connectivity index (χ0) is 16.0. The van der Waals surface area contributed by atoms with Crippen LogP contribution in [0.1, 0.15) is 0 Å². The van der Waals surface area contributed by atoms with E-state index in [9.17, 15) is 0 Å². The lowest BCUT2D eigenvalue weighted by molar-refractivity contribution is 0.413. The molecule has 0 amide bonds. The third kappa shape index (κ3) is 4.72. The van der Waals surface area contributed by atoms with E-state index in [0.717, 1.165) is 30.2 Å². The van der Waals surface area contributed by atoms with Crippen LogP contribution in [0.4, 0.5) is 17.1 Å². The monoisotopic (exact) mass is 290 g/mol. The van der Waals surface area contributed by atoms with E-state index >= 15 is 0 Å². The minimum atomic E-state index is 0.585. The number of methoxy groups -OCH3 is 1. The Kier molecular flexibility index (Phi) is 6.11. The van der Waals surface area contributed by atoms with E-state index in [1.54, 1.807) is 13.2 Å². The van der Waals surface area contributed by atoms with Crippen LogP contribution in [0, 0.1) is 0 Å². The molecule has 0 heterocycles. The first kappa shape index (κ1) is 16.9. The lowest BCUT2D eigenvalue weighted by atomic mass is 10.2. The molecule has 0 atom stereocenters. The molecule has 0 radical (unpaired) electrons. The number of benzene rings is 1. The van der Waals surface area contributed by atoms with Gasteiger partial charge in [0.1, 0.15) is 5.75 Å². The number of anilines is 3. The normalized spacial score (nSPS) is 10.3. The molecule has 3 N–H and O–H groups in total. The molecule has 0 aromatic heterocycles. The Labute approximate surface area is 127 Å². The quantitative estimate of drug-likeness (QED) is 0.569. The van der Waals surface area contributed by atoms with Crippen molar-refractivity contribution in [2.24, 2.45) is 0 Å². The van der Waals surface area contributed by atoms with Gasteiger partial charge in [0.05, 0.1) is 24.2 Å². The molecule has 21 heavy (non-hydrogen) atoms. The van der Waals surface area contributed by atoms with E-state index in [2.05, 4.69) is 42.4 Å². The summed E-state index contributed by atoms with van der Waals surface area (Å²) in [6, 6.07) is 3.79. The molecule has 1 aromatic rings. The van der Waals surface area contributed by atoms with Gasteiger partial charge >= 0.3 is 0 Å². The first-order valence-corrected chi connectivity index (χ1v) is 6.80. The molecule has 1 rings (SSSR count). The van der Waals surface area contributed by atoms with Crippen molar-refractivity contribution in [1.29, 1.82) is 0 Å². The summed E-state index contributed by atoms with van der Waals surface area (Å²) in [6.07, 6.45) is 1.67. The van der Waals surface area contributed by atoms with Gasteiger partial charge in [0.15, 0.2) is 0 Å². The highest BCUT2D eigenvalue weighted by atomic mass is 16.5. The maximum absolute atomic E-state index is 5.99. The van der Waals surface area contributed by atoms with Crippen LogP contribution in [0.5, 0.6) is 5.75 Å². The van der Waals surface area contributed by atoms with Crippen LogP contribution in [-0.2, 0) is 0 Å². The predicted octanol–water partition coefficient (Wildman–Crippen LogP) is 2.39. The molecular formula is C16H26N4O. The number of hydrogen-bond donors (Lipinski definition) is 2. The number of nitrogen functional groups attached to an aromatic ring is 1. The summed E-state index contributed by atoms with van der Waals surface area (Å²) in [4.78, 5) is 4.29. The molecule has 116 valence electrons. The summed E-state index contributed by atoms with van der Waals surface area (Å²) < 4.78 is 5.32. The van der Waals surface area contributed by atoms with Crippen molar-refractivity contribution in [2.75, 3.05) is 57.3 Å². The van der Waals surface area contributed by atoms with Gasteiger partial charge < -0.3 is 25.6 Å². The smallest absolute Gasteiger partial charge is 0.143 e. The fraction of sp³-hybridized carbons (Fsp3) is 0.375. The van der Waals surface area contributed by atoms with Crippen molar-refractivity contribution in [3.63, 3.8) is 0 Å². The molecule has 5 heteroatoms. The number of ether oxygens (including phenoxy) is 1. The number of likely N-dealkylation sites (N-methyl/N-ethyl adjacent to an activating group) is 2. The number of nitrogens with zero attached hydrogens (tertiary/aromatic N) is 2. The second kappa shape index (κ2) is 7.59. The van der Waals surface area contributed by atoms with Gasteiger partial charge in [0.2, 0.25) is 0 Å². The van der Waals surface area contributed by atoms with Gasteiger partial charge in [-0.05, 0) is 26.2 Å². The van der Waals surface area contributed by atoms with E-state index in [0.29, 0.717) is 11.4 Å². The average Bonchev–Trinajstić information content (AvgIpc) is 2.44.